The average molecular weight is 254 g/mol. The van der Waals surface area contributed by atoms with Crippen LogP contribution in [-0.4, -0.2) is 12.0 Å². The fraction of sp³-hybridized carbons (Fsp3) is 0.0714. The number of anilines is 2. The Labute approximate surface area is 110 Å². The fourth-order valence-electron chi connectivity index (χ4n) is 2.16. The van der Waals surface area contributed by atoms with E-state index in [1.54, 1.807) is 12.1 Å². The van der Waals surface area contributed by atoms with E-state index in [1.807, 2.05) is 42.9 Å². The summed E-state index contributed by atoms with van der Waals surface area (Å²) >= 11 is 0. The van der Waals surface area contributed by atoms with Gasteiger partial charge in [0.1, 0.15) is 6.67 Å². The van der Waals surface area contributed by atoms with Crippen LogP contribution < -0.4 is 10.2 Å². The summed E-state index contributed by atoms with van der Waals surface area (Å²) < 4.78 is 0. The van der Waals surface area contributed by atoms with Crippen molar-refractivity contribution >= 4 is 17.1 Å². The second kappa shape index (κ2) is 4.28. The van der Waals surface area contributed by atoms with Gasteiger partial charge < -0.3 is 10.2 Å². The number of non-ortho nitro benzene ring substituents is 1. The zero-order chi connectivity index (χ0) is 13.4. The molecule has 0 amide bonds. The lowest BCUT2D eigenvalue weighted by Gasteiger charge is -2.10. The highest BCUT2D eigenvalue weighted by Gasteiger charge is 2.16. The highest BCUT2D eigenvalue weighted by molar-refractivity contribution is 5.82. The number of hydrogen-bond donors (Lipinski definition) is 1. The van der Waals surface area contributed by atoms with Crippen LogP contribution in [0.2, 0.25) is 0 Å². The molecule has 19 heavy (non-hydrogen) atoms. The van der Waals surface area contributed by atoms with E-state index >= 15 is 0 Å². The molecule has 1 aliphatic rings. The van der Waals surface area contributed by atoms with E-state index in [2.05, 4.69) is 5.32 Å². The molecule has 1 heterocycles. The first-order chi connectivity index (χ1) is 9.15. The van der Waals surface area contributed by atoms with Gasteiger partial charge in [-0.1, -0.05) is 18.2 Å². The third kappa shape index (κ3) is 1.99. The van der Waals surface area contributed by atoms with Gasteiger partial charge in [-0.2, -0.15) is 0 Å². The molecule has 0 aliphatic carbocycles. The van der Waals surface area contributed by atoms with Crippen molar-refractivity contribution in [2.24, 2.45) is 0 Å². The number of nitrogens with one attached hydrogen (secondary N) is 1. The van der Waals surface area contributed by atoms with Gasteiger partial charge in [-0.05, 0) is 23.3 Å². The minimum Gasteiger partial charge on any atom is -0.360 e. The average Bonchev–Trinajstić information content (AvgIpc) is 2.80. The molecule has 2 aromatic carbocycles. The predicted octanol–water partition coefficient (Wildman–Crippen LogP) is 3.24. The Kier molecular flexibility index (Phi) is 2.59. The first kappa shape index (κ1) is 11.5. The standard InChI is InChI=1S/C14H12N3O2/c1-16-9-15-13-6-5-11(8-14(13)16)10-3-2-4-12(7-10)17(18)19/h2-9,15H,1H3. The topological polar surface area (TPSA) is 58.4 Å². The van der Waals surface area contributed by atoms with Crippen molar-refractivity contribution in [3.63, 3.8) is 0 Å². The van der Waals surface area contributed by atoms with E-state index in [4.69, 9.17) is 0 Å². The Morgan fingerprint density at radius 1 is 1.16 bits per heavy atom. The molecule has 5 heteroatoms. The van der Waals surface area contributed by atoms with Crippen molar-refractivity contribution in [2.45, 2.75) is 0 Å². The van der Waals surface area contributed by atoms with Crippen LogP contribution in [0.15, 0.2) is 42.5 Å². The Bertz CT molecular complexity index is 655. The Morgan fingerprint density at radius 2 is 1.95 bits per heavy atom. The molecule has 0 spiro atoms. The first-order valence-electron chi connectivity index (χ1n) is 5.87. The summed E-state index contributed by atoms with van der Waals surface area (Å²) in [6.45, 7) is 1.88. The largest absolute Gasteiger partial charge is 0.360 e. The summed E-state index contributed by atoms with van der Waals surface area (Å²) in [6.07, 6.45) is 0. The van der Waals surface area contributed by atoms with Crippen LogP contribution in [0.3, 0.4) is 0 Å². The maximum atomic E-state index is 10.8. The molecule has 0 unspecified atom stereocenters. The zero-order valence-electron chi connectivity index (χ0n) is 10.3. The van der Waals surface area contributed by atoms with Crippen LogP contribution >= 0.6 is 0 Å². The molecular formula is C14H12N3O2. The van der Waals surface area contributed by atoms with Gasteiger partial charge >= 0.3 is 0 Å². The van der Waals surface area contributed by atoms with Crippen LogP contribution in [0, 0.1) is 16.8 Å². The predicted molar refractivity (Wildman–Crippen MR) is 74.9 cm³/mol. The molecule has 5 nitrogen and oxygen atoms in total. The van der Waals surface area contributed by atoms with E-state index in [9.17, 15) is 10.1 Å². The SMILES string of the molecule is CN1[CH]Nc2ccc(-c3cccc([N+](=O)[O-])c3)cc21. The van der Waals surface area contributed by atoms with Crippen molar-refractivity contribution in [3.8, 4) is 11.1 Å². The molecular weight excluding hydrogens is 242 g/mol. The third-order valence-electron chi connectivity index (χ3n) is 3.18. The van der Waals surface area contributed by atoms with Gasteiger partial charge in [0.25, 0.3) is 5.69 Å². The molecule has 0 saturated carbocycles. The number of rotatable bonds is 2. The van der Waals surface area contributed by atoms with Gasteiger partial charge in [-0.3, -0.25) is 10.1 Å². The van der Waals surface area contributed by atoms with Gasteiger partial charge in [-0.25, -0.2) is 0 Å². The van der Waals surface area contributed by atoms with Crippen LogP contribution in [0.5, 0.6) is 0 Å². The first-order valence-corrected chi connectivity index (χ1v) is 5.87. The second-order valence-corrected chi connectivity index (χ2v) is 4.42. The van der Waals surface area contributed by atoms with Gasteiger partial charge in [-0.15, -0.1) is 0 Å². The van der Waals surface area contributed by atoms with E-state index in [1.165, 1.54) is 6.07 Å². The molecule has 0 aromatic heterocycles. The molecule has 1 N–H and O–H groups in total. The van der Waals surface area contributed by atoms with E-state index in [-0.39, 0.29) is 10.6 Å². The molecule has 0 fully saturated rings. The highest BCUT2D eigenvalue weighted by atomic mass is 16.6. The van der Waals surface area contributed by atoms with Crippen LogP contribution in [-0.2, 0) is 0 Å². The lowest BCUT2D eigenvalue weighted by molar-refractivity contribution is -0.384. The number of fused-ring (bicyclic) bond motifs is 1. The summed E-state index contributed by atoms with van der Waals surface area (Å²) in [6, 6.07) is 12.6. The fourth-order valence-corrected chi connectivity index (χ4v) is 2.16. The molecule has 2 aromatic rings. The number of nitrogens with zero attached hydrogens (tertiary/aromatic N) is 2. The number of nitro benzene ring substituents is 1. The molecule has 0 bridgehead atoms. The number of nitro groups is 1. The molecule has 1 aliphatic heterocycles. The van der Waals surface area contributed by atoms with Gasteiger partial charge in [0.05, 0.1) is 16.3 Å². The Balaban J connectivity index is 2.05. The van der Waals surface area contributed by atoms with Crippen molar-refractivity contribution in [1.29, 1.82) is 0 Å². The summed E-state index contributed by atoms with van der Waals surface area (Å²) in [5.41, 5.74) is 4.01. The van der Waals surface area contributed by atoms with Gasteiger partial charge in [0.15, 0.2) is 0 Å². The quantitative estimate of drug-likeness (QED) is 0.660. The van der Waals surface area contributed by atoms with Crippen LogP contribution in [0.4, 0.5) is 17.1 Å². The monoisotopic (exact) mass is 254 g/mol. The number of benzene rings is 2. The van der Waals surface area contributed by atoms with Crippen molar-refractivity contribution in [1.82, 2.24) is 0 Å². The molecule has 0 atom stereocenters. The highest BCUT2D eigenvalue weighted by Crippen LogP contribution is 2.36. The molecule has 95 valence electrons. The smallest absolute Gasteiger partial charge is 0.270 e. The summed E-state index contributed by atoms with van der Waals surface area (Å²) in [5.74, 6) is 0. The molecule has 3 rings (SSSR count). The Morgan fingerprint density at radius 3 is 2.74 bits per heavy atom. The lowest BCUT2D eigenvalue weighted by Crippen LogP contribution is -2.09. The van der Waals surface area contributed by atoms with Crippen LogP contribution in [0.1, 0.15) is 0 Å². The minimum atomic E-state index is -0.377. The molecule has 1 radical (unpaired) electrons. The maximum Gasteiger partial charge on any atom is 0.270 e. The van der Waals surface area contributed by atoms with Crippen molar-refractivity contribution < 1.29 is 4.92 Å². The van der Waals surface area contributed by atoms with Gasteiger partial charge in [0, 0.05) is 19.2 Å². The summed E-state index contributed by atoms with van der Waals surface area (Å²) in [5, 5.41) is 14.0. The normalized spacial score (nSPS) is 13.0. The Hall–Kier alpha value is -2.56. The third-order valence-corrected chi connectivity index (χ3v) is 3.18. The summed E-state index contributed by atoms with van der Waals surface area (Å²) in [7, 11) is 1.95. The van der Waals surface area contributed by atoms with Gasteiger partial charge in [0.2, 0.25) is 0 Å². The number of hydrogen-bond acceptors (Lipinski definition) is 4. The van der Waals surface area contributed by atoms with E-state index < -0.39 is 0 Å². The van der Waals surface area contributed by atoms with Crippen molar-refractivity contribution in [3.05, 3.63) is 59.2 Å². The minimum absolute atomic E-state index is 0.107. The summed E-state index contributed by atoms with van der Waals surface area (Å²) in [4.78, 5) is 12.4. The van der Waals surface area contributed by atoms with Crippen molar-refractivity contribution in [2.75, 3.05) is 17.3 Å². The van der Waals surface area contributed by atoms with Crippen LogP contribution in [0.25, 0.3) is 11.1 Å². The lowest BCUT2D eigenvalue weighted by atomic mass is 10.0. The van der Waals surface area contributed by atoms with E-state index in [0.29, 0.717) is 0 Å². The maximum absolute atomic E-state index is 10.8. The second-order valence-electron chi connectivity index (χ2n) is 4.42. The zero-order valence-corrected chi connectivity index (χ0v) is 10.3. The molecule has 0 saturated heterocycles. The van der Waals surface area contributed by atoms with E-state index in [0.717, 1.165) is 22.5 Å².